The summed E-state index contributed by atoms with van der Waals surface area (Å²) in [6.07, 6.45) is -0.336. The Hall–Kier alpha value is -0.650. The highest BCUT2D eigenvalue weighted by molar-refractivity contribution is 5.74. The number of methoxy groups -OCH3 is 2. The van der Waals surface area contributed by atoms with Gasteiger partial charge in [0.2, 0.25) is 0 Å². The van der Waals surface area contributed by atoms with Gasteiger partial charge in [-0.15, -0.1) is 0 Å². The highest BCUT2D eigenvalue weighted by atomic mass is 16.7. The Bertz CT molecular complexity index is 246. The van der Waals surface area contributed by atoms with E-state index < -0.39 is 17.8 Å². The fourth-order valence-electron chi connectivity index (χ4n) is 2.20. The maximum atomic E-state index is 11.9. The third kappa shape index (κ3) is 4.92. The largest absolute Gasteiger partial charge is 0.466 e. The van der Waals surface area contributed by atoms with Gasteiger partial charge in [-0.3, -0.25) is 4.79 Å². The second-order valence-corrected chi connectivity index (χ2v) is 4.94. The van der Waals surface area contributed by atoms with Crippen LogP contribution >= 0.6 is 0 Å². The third-order valence-corrected chi connectivity index (χ3v) is 2.98. The molecule has 2 unspecified atom stereocenters. The van der Waals surface area contributed by atoms with Gasteiger partial charge in [0.1, 0.15) is 0 Å². The molecule has 0 aliphatic rings. The molecule has 0 rings (SSSR count). The molecule has 0 aliphatic carbocycles. The summed E-state index contributed by atoms with van der Waals surface area (Å²) in [4.78, 5) is 11.9. The predicted molar refractivity (Wildman–Crippen MR) is 68.0 cm³/mol. The molecule has 0 radical (unpaired) electrons. The van der Waals surface area contributed by atoms with Crippen LogP contribution in [-0.2, 0) is 19.0 Å². The SMILES string of the molecule is CCOC(=O)C(C(C)C)C(C)(O)CC(OC)OC. The Kier molecular flexibility index (Phi) is 7.43. The Morgan fingerprint density at radius 1 is 1.28 bits per heavy atom. The minimum absolute atomic E-state index is 0.0339. The molecular weight excluding hydrogens is 236 g/mol. The average molecular weight is 262 g/mol. The molecular formula is C13H26O5. The number of carbonyl (C=O) groups is 1. The summed E-state index contributed by atoms with van der Waals surface area (Å²) in [5, 5.41) is 10.5. The predicted octanol–water partition coefficient (Wildman–Crippen LogP) is 1.58. The van der Waals surface area contributed by atoms with E-state index in [0.717, 1.165) is 0 Å². The molecule has 0 aromatic rings. The van der Waals surface area contributed by atoms with Gasteiger partial charge in [-0.25, -0.2) is 0 Å². The zero-order valence-corrected chi connectivity index (χ0v) is 12.2. The van der Waals surface area contributed by atoms with Crippen LogP contribution in [0.1, 0.15) is 34.1 Å². The van der Waals surface area contributed by atoms with E-state index in [1.54, 1.807) is 13.8 Å². The fraction of sp³-hybridized carbons (Fsp3) is 0.923. The minimum atomic E-state index is -1.24. The molecule has 108 valence electrons. The van der Waals surface area contributed by atoms with Crippen molar-refractivity contribution in [1.82, 2.24) is 0 Å². The van der Waals surface area contributed by atoms with Crippen LogP contribution in [-0.4, -0.2) is 43.8 Å². The van der Waals surface area contributed by atoms with Crippen molar-refractivity contribution < 1.29 is 24.1 Å². The molecule has 0 saturated carbocycles. The first-order valence-corrected chi connectivity index (χ1v) is 6.24. The number of hydrogen-bond acceptors (Lipinski definition) is 5. The molecule has 0 aromatic carbocycles. The van der Waals surface area contributed by atoms with Gasteiger partial charge >= 0.3 is 5.97 Å². The first kappa shape index (κ1) is 17.4. The van der Waals surface area contributed by atoms with Crippen LogP contribution in [0.2, 0.25) is 0 Å². The first-order chi connectivity index (χ1) is 8.30. The van der Waals surface area contributed by atoms with Gasteiger partial charge in [0.05, 0.1) is 18.1 Å². The van der Waals surface area contributed by atoms with Gasteiger partial charge in [0.15, 0.2) is 6.29 Å². The molecule has 0 spiro atoms. The number of ether oxygens (including phenoxy) is 3. The van der Waals surface area contributed by atoms with Crippen molar-refractivity contribution in [3.05, 3.63) is 0 Å². The Morgan fingerprint density at radius 2 is 1.78 bits per heavy atom. The lowest BCUT2D eigenvalue weighted by molar-refractivity contribution is -0.177. The van der Waals surface area contributed by atoms with Crippen LogP contribution in [0.3, 0.4) is 0 Å². The summed E-state index contributed by atoms with van der Waals surface area (Å²) in [6.45, 7) is 7.42. The number of hydrogen-bond donors (Lipinski definition) is 1. The second kappa shape index (κ2) is 7.71. The van der Waals surface area contributed by atoms with Crippen LogP contribution in [0, 0.1) is 11.8 Å². The van der Waals surface area contributed by atoms with E-state index in [1.807, 2.05) is 13.8 Å². The number of carbonyl (C=O) groups excluding carboxylic acids is 1. The zero-order chi connectivity index (χ0) is 14.3. The average Bonchev–Trinajstić information content (AvgIpc) is 2.25. The van der Waals surface area contributed by atoms with Crippen molar-refractivity contribution in [1.29, 1.82) is 0 Å². The molecule has 5 heteroatoms. The molecule has 1 N–H and O–H groups in total. The van der Waals surface area contributed by atoms with E-state index in [9.17, 15) is 9.90 Å². The topological polar surface area (TPSA) is 65.0 Å². The molecule has 0 aromatic heterocycles. The van der Waals surface area contributed by atoms with E-state index in [0.29, 0.717) is 6.61 Å². The maximum Gasteiger partial charge on any atom is 0.312 e. The standard InChI is InChI=1S/C13H26O5/c1-7-18-12(14)11(9(2)3)13(4,15)8-10(16-5)17-6/h9-11,15H,7-8H2,1-6H3. The molecule has 0 aliphatic heterocycles. The molecule has 0 heterocycles. The monoisotopic (exact) mass is 262 g/mol. The smallest absolute Gasteiger partial charge is 0.312 e. The van der Waals surface area contributed by atoms with E-state index in [-0.39, 0.29) is 18.3 Å². The highest BCUT2D eigenvalue weighted by Crippen LogP contribution is 2.31. The first-order valence-electron chi connectivity index (χ1n) is 6.24. The van der Waals surface area contributed by atoms with Crippen molar-refractivity contribution in [2.75, 3.05) is 20.8 Å². The third-order valence-electron chi connectivity index (χ3n) is 2.98. The lowest BCUT2D eigenvalue weighted by atomic mass is 9.78. The van der Waals surface area contributed by atoms with Gasteiger partial charge in [-0.2, -0.15) is 0 Å². The summed E-state index contributed by atoms with van der Waals surface area (Å²) < 4.78 is 15.2. The van der Waals surface area contributed by atoms with Crippen LogP contribution in [0.4, 0.5) is 0 Å². The van der Waals surface area contributed by atoms with Crippen LogP contribution in [0.15, 0.2) is 0 Å². The number of rotatable bonds is 8. The molecule has 0 amide bonds. The van der Waals surface area contributed by atoms with Crippen LogP contribution < -0.4 is 0 Å². The molecule has 2 atom stereocenters. The molecule has 0 fully saturated rings. The number of aliphatic hydroxyl groups is 1. The van der Waals surface area contributed by atoms with Gasteiger partial charge in [0, 0.05) is 20.6 Å². The Balaban J connectivity index is 4.91. The Morgan fingerprint density at radius 3 is 2.11 bits per heavy atom. The van der Waals surface area contributed by atoms with Crippen LogP contribution in [0.25, 0.3) is 0 Å². The van der Waals surface area contributed by atoms with Crippen molar-refractivity contribution in [2.45, 2.75) is 46.0 Å². The normalized spacial score (nSPS) is 16.7. The van der Waals surface area contributed by atoms with Gasteiger partial charge in [-0.1, -0.05) is 13.8 Å². The summed E-state index contributed by atoms with van der Waals surface area (Å²) in [7, 11) is 3.00. The van der Waals surface area contributed by atoms with Crippen molar-refractivity contribution in [2.24, 2.45) is 11.8 Å². The highest BCUT2D eigenvalue weighted by Gasteiger charge is 2.42. The Labute approximate surface area is 109 Å². The summed E-state index contributed by atoms with van der Waals surface area (Å²) in [5.74, 6) is -1.03. The van der Waals surface area contributed by atoms with Crippen molar-refractivity contribution in [3.63, 3.8) is 0 Å². The number of esters is 1. The van der Waals surface area contributed by atoms with E-state index in [1.165, 1.54) is 14.2 Å². The van der Waals surface area contributed by atoms with Crippen molar-refractivity contribution in [3.8, 4) is 0 Å². The summed E-state index contributed by atoms with van der Waals surface area (Å²) in [5.41, 5.74) is -1.24. The molecule has 0 bridgehead atoms. The minimum Gasteiger partial charge on any atom is -0.466 e. The van der Waals surface area contributed by atoms with E-state index >= 15 is 0 Å². The van der Waals surface area contributed by atoms with Gasteiger partial charge in [0.25, 0.3) is 0 Å². The summed E-state index contributed by atoms with van der Waals surface area (Å²) in [6, 6.07) is 0. The van der Waals surface area contributed by atoms with Gasteiger partial charge < -0.3 is 19.3 Å². The maximum absolute atomic E-state index is 11.9. The molecule has 18 heavy (non-hydrogen) atoms. The molecule has 5 nitrogen and oxygen atoms in total. The summed E-state index contributed by atoms with van der Waals surface area (Å²) >= 11 is 0. The lowest BCUT2D eigenvalue weighted by Crippen LogP contribution is -2.46. The fourth-order valence-corrected chi connectivity index (χ4v) is 2.20. The van der Waals surface area contributed by atoms with Crippen molar-refractivity contribution >= 4 is 5.97 Å². The second-order valence-electron chi connectivity index (χ2n) is 4.94. The van der Waals surface area contributed by atoms with E-state index in [4.69, 9.17) is 14.2 Å². The van der Waals surface area contributed by atoms with E-state index in [2.05, 4.69) is 0 Å². The quantitative estimate of drug-likeness (QED) is 0.531. The molecule has 0 saturated heterocycles. The van der Waals surface area contributed by atoms with Gasteiger partial charge in [-0.05, 0) is 19.8 Å². The van der Waals surface area contributed by atoms with Crippen LogP contribution in [0.5, 0.6) is 0 Å². The lowest BCUT2D eigenvalue weighted by Gasteiger charge is -2.35. The zero-order valence-electron chi connectivity index (χ0n) is 12.2.